The topological polar surface area (TPSA) is 54.9 Å². The summed E-state index contributed by atoms with van der Waals surface area (Å²) in [6.45, 7) is 4.86. The van der Waals surface area contributed by atoms with Gasteiger partial charge in [0.25, 0.3) is 0 Å². The average Bonchev–Trinajstić information content (AvgIpc) is 2.86. The molecule has 0 aliphatic carbocycles. The van der Waals surface area contributed by atoms with Gasteiger partial charge in [-0.3, -0.25) is 9.78 Å². The predicted octanol–water partition coefficient (Wildman–Crippen LogP) is 2.52. The highest BCUT2D eigenvalue weighted by atomic mass is 32.1. The monoisotopic (exact) mass is 275 g/mol. The highest BCUT2D eigenvalue weighted by Crippen LogP contribution is 2.22. The third kappa shape index (κ3) is 4.13. The van der Waals surface area contributed by atoms with Gasteiger partial charge in [-0.15, -0.1) is 11.3 Å². The molecule has 1 amide bonds. The van der Waals surface area contributed by atoms with Crippen molar-refractivity contribution >= 4 is 17.2 Å². The zero-order valence-corrected chi connectivity index (χ0v) is 11.9. The van der Waals surface area contributed by atoms with Crippen LogP contribution in [-0.4, -0.2) is 22.4 Å². The first-order valence-corrected chi connectivity index (χ1v) is 7.14. The Balaban J connectivity index is 1.96. The molecule has 0 spiro atoms. The van der Waals surface area contributed by atoms with Gasteiger partial charge >= 0.3 is 0 Å². The van der Waals surface area contributed by atoms with E-state index in [4.69, 9.17) is 0 Å². The fourth-order valence-corrected chi connectivity index (χ4v) is 2.39. The van der Waals surface area contributed by atoms with Gasteiger partial charge in [-0.2, -0.15) is 0 Å². The molecule has 4 nitrogen and oxygen atoms in total. The van der Waals surface area contributed by atoms with Gasteiger partial charge in [0.1, 0.15) is 5.01 Å². The van der Waals surface area contributed by atoms with Gasteiger partial charge in [0.05, 0.1) is 12.1 Å². The van der Waals surface area contributed by atoms with E-state index < -0.39 is 0 Å². The second kappa shape index (κ2) is 6.43. The average molecular weight is 275 g/mol. The Morgan fingerprint density at radius 3 is 2.79 bits per heavy atom. The standard InChI is InChI=1S/C14H17N3OS/c1-10(2)8-16-13(18)7-12-9-19-14(17-12)11-3-5-15-6-4-11/h3-6,9-10H,7-8H2,1-2H3,(H,16,18). The Morgan fingerprint density at radius 1 is 1.37 bits per heavy atom. The molecule has 100 valence electrons. The van der Waals surface area contributed by atoms with Crippen molar-refractivity contribution < 1.29 is 4.79 Å². The molecule has 19 heavy (non-hydrogen) atoms. The van der Waals surface area contributed by atoms with Crippen LogP contribution in [0.15, 0.2) is 29.9 Å². The van der Waals surface area contributed by atoms with Crippen LogP contribution in [-0.2, 0) is 11.2 Å². The Hall–Kier alpha value is -1.75. The van der Waals surface area contributed by atoms with Gasteiger partial charge in [0, 0.05) is 29.9 Å². The molecule has 2 rings (SSSR count). The van der Waals surface area contributed by atoms with E-state index >= 15 is 0 Å². The molecule has 2 heterocycles. The highest BCUT2D eigenvalue weighted by molar-refractivity contribution is 7.13. The number of aromatic nitrogens is 2. The first kappa shape index (κ1) is 13.7. The number of amides is 1. The van der Waals surface area contributed by atoms with Gasteiger partial charge in [0.2, 0.25) is 5.91 Å². The van der Waals surface area contributed by atoms with Crippen molar-refractivity contribution in [2.24, 2.45) is 5.92 Å². The van der Waals surface area contributed by atoms with Crippen LogP contribution in [0.3, 0.4) is 0 Å². The summed E-state index contributed by atoms with van der Waals surface area (Å²) in [4.78, 5) is 20.2. The lowest BCUT2D eigenvalue weighted by Crippen LogP contribution is -2.28. The molecule has 2 aromatic rings. The predicted molar refractivity (Wildman–Crippen MR) is 76.9 cm³/mol. The summed E-state index contributed by atoms with van der Waals surface area (Å²) in [7, 11) is 0. The summed E-state index contributed by atoms with van der Waals surface area (Å²) in [5.41, 5.74) is 1.85. The number of hydrogen-bond donors (Lipinski definition) is 1. The Kier molecular flexibility index (Phi) is 4.63. The maximum Gasteiger partial charge on any atom is 0.226 e. The third-order valence-corrected chi connectivity index (χ3v) is 3.47. The van der Waals surface area contributed by atoms with Crippen molar-refractivity contribution in [1.82, 2.24) is 15.3 Å². The van der Waals surface area contributed by atoms with Crippen LogP contribution in [0.5, 0.6) is 0 Å². The van der Waals surface area contributed by atoms with Crippen molar-refractivity contribution in [2.75, 3.05) is 6.54 Å². The van der Waals surface area contributed by atoms with Gasteiger partial charge in [-0.05, 0) is 18.1 Å². The third-order valence-electron chi connectivity index (χ3n) is 2.53. The number of carbonyl (C=O) groups excluding carboxylic acids is 1. The summed E-state index contributed by atoms with van der Waals surface area (Å²) in [5, 5.41) is 5.76. The first-order chi connectivity index (χ1) is 9.15. The smallest absolute Gasteiger partial charge is 0.226 e. The molecule has 0 fully saturated rings. The maximum atomic E-state index is 11.7. The molecule has 0 unspecified atom stereocenters. The number of thiazole rings is 1. The van der Waals surface area contributed by atoms with E-state index in [1.165, 1.54) is 0 Å². The molecule has 0 aliphatic rings. The van der Waals surface area contributed by atoms with E-state index in [-0.39, 0.29) is 5.91 Å². The quantitative estimate of drug-likeness (QED) is 0.912. The zero-order valence-electron chi connectivity index (χ0n) is 11.1. The minimum Gasteiger partial charge on any atom is -0.356 e. The van der Waals surface area contributed by atoms with Crippen molar-refractivity contribution in [3.05, 3.63) is 35.6 Å². The second-order valence-electron chi connectivity index (χ2n) is 4.75. The molecule has 0 atom stereocenters. The van der Waals surface area contributed by atoms with Crippen molar-refractivity contribution in [3.8, 4) is 10.6 Å². The Bertz CT molecular complexity index is 537. The van der Waals surface area contributed by atoms with E-state index in [9.17, 15) is 4.79 Å². The van der Waals surface area contributed by atoms with Crippen molar-refractivity contribution in [1.29, 1.82) is 0 Å². The Labute approximate surface area is 116 Å². The Morgan fingerprint density at radius 2 is 2.11 bits per heavy atom. The number of nitrogens with zero attached hydrogens (tertiary/aromatic N) is 2. The van der Waals surface area contributed by atoms with Gasteiger partial charge in [-0.25, -0.2) is 4.98 Å². The molecule has 1 N–H and O–H groups in total. The first-order valence-electron chi connectivity index (χ1n) is 6.26. The van der Waals surface area contributed by atoms with Crippen LogP contribution in [0.2, 0.25) is 0 Å². The summed E-state index contributed by atoms with van der Waals surface area (Å²) in [5.74, 6) is 0.493. The number of hydrogen-bond acceptors (Lipinski definition) is 4. The molecular weight excluding hydrogens is 258 g/mol. The summed E-state index contributed by atoms with van der Waals surface area (Å²) >= 11 is 1.55. The molecule has 0 saturated carbocycles. The summed E-state index contributed by atoms with van der Waals surface area (Å²) in [6, 6.07) is 3.84. The molecule has 0 bridgehead atoms. The van der Waals surface area contributed by atoms with Crippen LogP contribution in [0.25, 0.3) is 10.6 Å². The fourth-order valence-electron chi connectivity index (χ4n) is 1.56. The lowest BCUT2D eigenvalue weighted by atomic mass is 10.2. The largest absolute Gasteiger partial charge is 0.356 e. The van der Waals surface area contributed by atoms with E-state index in [1.807, 2.05) is 17.5 Å². The molecule has 5 heteroatoms. The molecule has 0 aromatic carbocycles. The van der Waals surface area contributed by atoms with Gasteiger partial charge < -0.3 is 5.32 Å². The lowest BCUT2D eigenvalue weighted by molar-refractivity contribution is -0.120. The minimum atomic E-state index is 0.0280. The van der Waals surface area contributed by atoms with E-state index in [0.29, 0.717) is 18.9 Å². The van der Waals surface area contributed by atoms with Crippen LogP contribution in [0, 0.1) is 5.92 Å². The highest BCUT2D eigenvalue weighted by Gasteiger charge is 2.09. The maximum absolute atomic E-state index is 11.7. The van der Waals surface area contributed by atoms with Crippen LogP contribution in [0.1, 0.15) is 19.5 Å². The number of rotatable bonds is 5. The fraction of sp³-hybridized carbons (Fsp3) is 0.357. The molecule has 2 aromatic heterocycles. The van der Waals surface area contributed by atoms with Gasteiger partial charge in [-0.1, -0.05) is 13.8 Å². The second-order valence-corrected chi connectivity index (χ2v) is 5.61. The lowest BCUT2D eigenvalue weighted by Gasteiger charge is -2.06. The molecule has 0 aliphatic heterocycles. The van der Waals surface area contributed by atoms with Crippen LogP contribution < -0.4 is 5.32 Å². The zero-order chi connectivity index (χ0) is 13.7. The SMILES string of the molecule is CC(C)CNC(=O)Cc1csc(-c2ccncc2)n1. The minimum absolute atomic E-state index is 0.0280. The number of pyridine rings is 1. The summed E-state index contributed by atoms with van der Waals surface area (Å²) < 4.78 is 0. The van der Waals surface area contributed by atoms with Gasteiger partial charge in [0.15, 0.2) is 0 Å². The van der Waals surface area contributed by atoms with E-state index in [2.05, 4.69) is 29.1 Å². The molecule has 0 radical (unpaired) electrons. The van der Waals surface area contributed by atoms with E-state index in [1.54, 1.807) is 23.7 Å². The number of nitrogens with one attached hydrogen (secondary N) is 1. The number of carbonyl (C=O) groups is 1. The van der Waals surface area contributed by atoms with E-state index in [0.717, 1.165) is 16.3 Å². The van der Waals surface area contributed by atoms with Crippen LogP contribution in [0.4, 0.5) is 0 Å². The summed E-state index contributed by atoms with van der Waals surface area (Å²) in [6.07, 6.45) is 3.83. The van der Waals surface area contributed by atoms with Crippen molar-refractivity contribution in [3.63, 3.8) is 0 Å². The molecule has 0 saturated heterocycles. The normalized spacial score (nSPS) is 10.7. The molecular formula is C14H17N3OS. The van der Waals surface area contributed by atoms with Crippen molar-refractivity contribution in [2.45, 2.75) is 20.3 Å². The van der Waals surface area contributed by atoms with Crippen LogP contribution >= 0.6 is 11.3 Å².